The van der Waals surface area contributed by atoms with E-state index in [4.69, 9.17) is 27.6 Å². The molecule has 3 N–H and O–H groups in total. The Morgan fingerprint density at radius 1 is 1.11 bits per heavy atom. The van der Waals surface area contributed by atoms with Crippen molar-refractivity contribution >= 4 is 67.7 Å². The van der Waals surface area contributed by atoms with E-state index in [0.717, 1.165) is 11.6 Å². The molecule has 2 aromatic carbocycles. The fourth-order valence-corrected chi connectivity index (χ4v) is 7.48. The van der Waals surface area contributed by atoms with Gasteiger partial charge in [0.15, 0.2) is 9.84 Å². The highest BCUT2D eigenvalue weighted by atomic mass is 35.5. The number of carbonyl (C=O) groups excluding carboxylic acids is 3. The second-order valence-corrected chi connectivity index (χ2v) is 13.3. The molecule has 0 saturated heterocycles. The predicted molar refractivity (Wildman–Crippen MR) is 163 cm³/mol. The SMILES string of the molecule is CC1=CCC(C(=O)NC[C@H](NC(=O)c2c(Cl)cc3c(c2Cl)CCN(C(=O)c2ccc4ccoc4c2)C3)C(=O)O)=C1S(C)(=O)=O. The van der Waals surface area contributed by atoms with Gasteiger partial charge in [-0.1, -0.05) is 35.3 Å². The van der Waals surface area contributed by atoms with E-state index in [2.05, 4.69) is 10.6 Å². The number of allylic oxidation sites excluding steroid dienone is 2. The number of carboxylic acids is 1. The summed E-state index contributed by atoms with van der Waals surface area (Å²) in [7, 11) is -3.69. The Labute approximate surface area is 262 Å². The number of fused-ring (bicyclic) bond motifs is 2. The molecule has 11 nitrogen and oxygen atoms in total. The van der Waals surface area contributed by atoms with Crippen molar-refractivity contribution in [2.45, 2.75) is 32.4 Å². The highest BCUT2D eigenvalue weighted by Crippen LogP contribution is 2.35. The Morgan fingerprint density at radius 3 is 2.57 bits per heavy atom. The second kappa shape index (κ2) is 12.1. The standard InChI is InChI=1S/C30H27Cl2N3O8S/c1-15-3-6-20(26(15)44(2,41)42)27(36)33-13-22(30(39)40)34-28(37)24-21(31)11-18-14-35(9-7-19(18)25(24)32)29(38)17-5-4-16-8-10-43-23(16)12-17/h3-5,8,10-12,22H,6-7,9,13-14H2,1-2H3,(H,33,36)(H,34,37)(H,39,40)/t22-/m0/s1. The van der Waals surface area contributed by atoms with Crippen molar-refractivity contribution in [3.05, 3.63) is 91.0 Å². The van der Waals surface area contributed by atoms with Gasteiger partial charge in [0.25, 0.3) is 11.8 Å². The molecule has 230 valence electrons. The summed E-state index contributed by atoms with van der Waals surface area (Å²) in [5.41, 5.74) is 2.60. The fourth-order valence-electron chi connectivity index (χ4n) is 5.43. The quantitative estimate of drug-likeness (QED) is 0.328. The monoisotopic (exact) mass is 659 g/mol. The molecule has 0 spiro atoms. The van der Waals surface area contributed by atoms with Crippen molar-refractivity contribution in [2.75, 3.05) is 19.3 Å². The maximum absolute atomic E-state index is 13.2. The maximum atomic E-state index is 13.2. The molecular weight excluding hydrogens is 633 g/mol. The minimum atomic E-state index is -3.69. The summed E-state index contributed by atoms with van der Waals surface area (Å²) in [5.74, 6) is -3.28. The van der Waals surface area contributed by atoms with Gasteiger partial charge in [0.2, 0.25) is 5.91 Å². The lowest BCUT2D eigenvalue weighted by atomic mass is 9.96. The molecule has 2 heterocycles. The van der Waals surface area contributed by atoms with Crippen LogP contribution in [0.5, 0.6) is 0 Å². The summed E-state index contributed by atoms with van der Waals surface area (Å²) in [6.07, 6.45) is 4.53. The van der Waals surface area contributed by atoms with Crippen LogP contribution in [0.1, 0.15) is 45.2 Å². The summed E-state index contributed by atoms with van der Waals surface area (Å²) in [5, 5.41) is 15.3. The molecule has 0 unspecified atom stereocenters. The topological polar surface area (TPSA) is 163 Å². The van der Waals surface area contributed by atoms with E-state index in [1.165, 1.54) is 6.07 Å². The van der Waals surface area contributed by atoms with E-state index in [1.54, 1.807) is 48.4 Å². The first-order valence-electron chi connectivity index (χ1n) is 13.4. The van der Waals surface area contributed by atoms with Crippen LogP contribution < -0.4 is 10.6 Å². The van der Waals surface area contributed by atoms with Gasteiger partial charge in [-0.2, -0.15) is 0 Å². The van der Waals surface area contributed by atoms with Gasteiger partial charge >= 0.3 is 5.97 Å². The lowest BCUT2D eigenvalue weighted by molar-refractivity contribution is -0.139. The van der Waals surface area contributed by atoms with Gasteiger partial charge in [-0.05, 0) is 60.7 Å². The Morgan fingerprint density at radius 2 is 1.86 bits per heavy atom. The predicted octanol–water partition coefficient (Wildman–Crippen LogP) is 3.89. The minimum absolute atomic E-state index is 0.00437. The van der Waals surface area contributed by atoms with Crippen LogP contribution in [0.3, 0.4) is 0 Å². The van der Waals surface area contributed by atoms with E-state index in [9.17, 15) is 32.7 Å². The zero-order chi connectivity index (χ0) is 31.9. The fraction of sp³-hybridized carbons (Fsp3) is 0.267. The number of furan rings is 1. The van der Waals surface area contributed by atoms with Crippen LogP contribution in [-0.4, -0.2) is 67.5 Å². The van der Waals surface area contributed by atoms with Crippen molar-refractivity contribution in [2.24, 2.45) is 0 Å². The Bertz CT molecular complexity index is 1910. The first-order chi connectivity index (χ1) is 20.8. The molecule has 3 aromatic rings. The van der Waals surface area contributed by atoms with E-state index in [-0.39, 0.29) is 45.0 Å². The van der Waals surface area contributed by atoms with Gasteiger partial charge in [-0.25, -0.2) is 13.2 Å². The van der Waals surface area contributed by atoms with E-state index in [0.29, 0.717) is 40.8 Å². The molecule has 0 bridgehead atoms. The number of benzene rings is 2. The Balaban J connectivity index is 1.29. The van der Waals surface area contributed by atoms with Crippen LogP contribution in [0.15, 0.2) is 63.1 Å². The van der Waals surface area contributed by atoms with Crippen LogP contribution in [-0.2, 0) is 32.4 Å². The lowest BCUT2D eigenvalue weighted by Gasteiger charge is -2.30. The molecule has 1 aliphatic carbocycles. The highest BCUT2D eigenvalue weighted by molar-refractivity contribution is 7.94. The van der Waals surface area contributed by atoms with Crippen LogP contribution in [0, 0.1) is 0 Å². The minimum Gasteiger partial charge on any atom is -0.480 e. The summed E-state index contributed by atoms with van der Waals surface area (Å²) < 4.78 is 29.7. The first-order valence-corrected chi connectivity index (χ1v) is 16.1. The molecule has 14 heteroatoms. The van der Waals surface area contributed by atoms with Crippen LogP contribution in [0.25, 0.3) is 11.0 Å². The lowest BCUT2D eigenvalue weighted by Crippen LogP contribution is -2.48. The molecule has 1 atom stereocenters. The van der Waals surface area contributed by atoms with Crippen molar-refractivity contribution in [1.82, 2.24) is 15.5 Å². The normalized spacial score (nSPS) is 15.5. The number of aliphatic carboxylic acids is 1. The summed E-state index contributed by atoms with van der Waals surface area (Å²) in [6.45, 7) is 1.55. The van der Waals surface area contributed by atoms with Crippen LogP contribution in [0.4, 0.5) is 0 Å². The highest BCUT2D eigenvalue weighted by Gasteiger charge is 2.31. The van der Waals surface area contributed by atoms with Gasteiger partial charge in [0, 0.05) is 42.4 Å². The van der Waals surface area contributed by atoms with Gasteiger partial charge in [-0.15, -0.1) is 0 Å². The van der Waals surface area contributed by atoms with Crippen molar-refractivity contribution in [3.63, 3.8) is 0 Å². The maximum Gasteiger partial charge on any atom is 0.328 e. The number of carboxylic acid groups (broad SMARTS) is 1. The van der Waals surface area contributed by atoms with Crippen molar-refractivity contribution in [1.29, 1.82) is 0 Å². The van der Waals surface area contributed by atoms with Crippen molar-refractivity contribution in [3.8, 4) is 0 Å². The van der Waals surface area contributed by atoms with E-state index in [1.807, 2.05) is 0 Å². The summed E-state index contributed by atoms with van der Waals surface area (Å²) in [6, 6.07) is 6.95. The summed E-state index contributed by atoms with van der Waals surface area (Å²) >= 11 is 13.1. The summed E-state index contributed by atoms with van der Waals surface area (Å²) in [4.78, 5) is 52.7. The number of halogens is 2. The van der Waals surface area contributed by atoms with Gasteiger partial charge in [-0.3, -0.25) is 14.4 Å². The Kier molecular flexibility index (Phi) is 8.61. The first kappa shape index (κ1) is 31.3. The average molecular weight is 661 g/mol. The molecule has 3 amide bonds. The molecule has 44 heavy (non-hydrogen) atoms. The molecule has 0 radical (unpaired) electrons. The molecule has 5 rings (SSSR count). The number of sulfone groups is 1. The van der Waals surface area contributed by atoms with Crippen LogP contribution in [0.2, 0.25) is 10.0 Å². The molecule has 1 aliphatic heterocycles. The molecule has 2 aliphatic rings. The van der Waals surface area contributed by atoms with E-state index < -0.39 is 40.2 Å². The zero-order valence-corrected chi connectivity index (χ0v) is 25.9. The third-order valence-electron chi connectivity index (χ3n) is 7.58. The van der Waals surface area contributed by atoms with Crippen LogP contribution >= 0.6 is 23.2 Å². The van der Waals surface area contributed by atoms with Gasteiger partial charge in [0.05, 0.1) is 26.8 Å². The third kappa shape index (κ3) is 6.10. The number of hydrogen-bond donors (Lipinski definition) is 3. The second-order valence-electron chi connectivity index (χ2n) is 10.6. The molecule has 1 aromatic heterocycles. The molecule has 0 saturated carbocycles. The molecule has 0 fully saturated rings. The average Bonchev–Trinajstić information content (AvgIpc) is 3.60. The van der Waals surface area contributed by atoms with Crippen molar-refractivity contribution < 1.29 is 37.1 Å². The number of rotatable bonds is 8. The number of amides is 3. The van der Waals surface area contributed by atoms with E-state index >= 15 is 0 Å². The van der Waals surface area contributed by atoms with Gasteiger partial charge < -0.3 is 25.1 Å². The number of carbonyl (C=O) groups is 4. The number of hydrogen-bond acceptors (Lipinski definition) is 7. The number of nitrogens with one attached hydrogen (secondary N) is 2. The smallest absolute Gasteiger partial charge is 0.328 e. The largest absolute Gasteiger partial charge is 0.480 e. The third-order valence-corrected chi connectivity index (χ3v) is 9.61. The van der Waals surface area contributed by atoms with Gasteiger partial charge in [0.1, 0.15) is 11.6 Å². The Hall–Kier alpha value is -4.13. The number of nitrogens with zero attached hydrogens (tertiary/aromatic N) is 1. The zero-order valence-electron chi connectivity index (χ0n) is 23.6. The molecular formula is C30H27Cl2N3O8S.